The largest absolute Gasteiger partial charge is 0.310 e. The van der Waals surface area contributed by atoms with Crippen molar-refractivity contribution in [3.05, 3.63) is 38.7 Å². The van der Waals surface area contributed by atoms with E-state index < -0.39 is 0 Å². The first kappa shape index (κ1) is 11.4. The molecule has 0 bridgehead atoms. The zero-order valence-corrected chi connectivity index (χ0v) is 10.5. The Balaban J connectivity index is 2.58. The normalized spacial score (nSPS) is 11.0. The lowest BCUT2D eigenvalue weighted by atomic mass is 10.2. The molecular weight excluding hydrogens is 244 g/mol. The van der Waals surface area contributed by atoms with Gasteiger partial charge in [0.1, 0.15) is 5.82 Å². The second kappa shape index (κ2) is 4.39. The van der Waals surface area contributed by atoms with E-state index in [1.165, 1.54) is 17.4 Å². The molecule has 0 aromatic carbocycles. The summed E-state index contributed by atoms with van der Waals surface area (Å²) >= 11 is 7.50. The summed E-state index contributed by atoms with van der Waals surface area (Å²) in [5, 5.41) is 2.52. The van der Waals surface area contributed by atoms with Gasteiger partial charge < -0.3 is 4.98 Å². The summed E-state index contributed by atoms with van der Waals surface area (Å²) in [6.45, 7) is 3.97. The van der Waals surface area contributed by atoms with E-state index in [9.17, 15) is 4.79 Å². The second-order valence-electron chi connectivity index (χ2n) is 3.77. The first-order valence-corrected chi connectivity index (χ1v) is 6.18. The van der Waals surface area contributed by atoms with Crippen LogP contribution in [0.5, 0.6) is 0 Å². The van der Waals surface area contributed by atoms with Gasteiger partial charge in [-0.2, -0.15) is 0 Å². The van der Waals surface area contributed by atoms with E-state index in [2.05, 4.69) is 9.97 Å². The van der Waals surface area contributed by atoms with Crippen LogP contribution in [-0.4, -0.2) is 9.97 Å². The molecule has 0 saturated heterocycles. The molecule has 2 heterocycles. The molecule has 0 amide bonds. The van der Waals surface area contributed by atoms with Gasteiger partial charge in [-0.3, -0.25) is 4.79 Å². The van der Waals surface area contributed by atoms with Crippen LogP contribution in [-0.2, 0) is 0 Å². The summed E-state index contributed by atoms with van der Waals surface area (Å²) in [7, 11) is 0. The highest BCUT2D eigenvalue weighted by molar-refractivity contribution is 7.14. The lowest BCUT2D eigenvalue weighted by molar-refractivity contribution is 0.769. The fourth-order valence-corrected chi connectivity index (χ4v) is 2.46. The monoisotopic (exact) mass is 254 g/mol. The number of aromatic nitrogens is 2. The molecule has 0 aliphatic carbocycles. The van der Waals surface area contributed by atoms with Gasteiger partial charge in [-0.1, -0.05) is 25.4 Å². The van der Waals surface area contributed by atoms with Crippen molar-refractivity contribution in [2.45, 2.75) is 19.8 Å². The molecule has 0 spiro atoms. The van der Waals surface area contributed by atoms with Gasteiger partial charge in [0.15, 0.2) is 0 Å². The Morgan fingerprint density at radius 1 is 1.50 bits per heavy atom. The van der Waals surface area contributed by atoms with Gasteiger partial charge in [-0.25, -0.2) is 4.98 Å². The number of aromatic amines is 1. The Labute approximate surface area is 102 Å². The maximum Gasteiger partial charge on any atom is 0.251 e. The highest BCUT2D eigenvalue weighted by Crippen LogP contribution is 2.31. The first-order valence-electron chi connectivity index (χ1n) is 4.92. The quantitative estimate of drug-likeness (QED) is 0.894. The van der Waals surface area contributed by atoms with Gasteiger partial charge in [-0.05, 0) is 11.4 Å². The van der Waals surface area contributed by atoms with Crippen molar-refractivity contribution in [1.29, 1.82) is 0 Å². The second-order valence-corrected chi connectivity index (χ2v) is 5.09. The maximum atomic E-state index is 11.5. The average Bonchev–Trinajstić information content (AvgIpc) is 2.63. The van der Waals surface area contributed by atoms with Crippen molar-refractivity contribution in [2.75, 3.05) is 0 Å². The summed E-state index contributed by atoms with van der Waals surface area (Å²) in [4.78, 5) is 19.5. The van der Waals surface area contributed by atoms with Gasteiger partial charge in [0.05, 0.1) is 15.6 Å². The number of rotatable bonds is 2. The number of hydrogen-bond acceptors (Lipinski definition) is 3. The van der Waals surface area contributed by atoms with Gasteiger partial charge in [-0.15, -0.1) is 11.3 Å². The van der Waals surface area contributed by atoms with Crippen LogP contribution in [0.15, 0.2) is 22.3 Å². The number of halogens is 1. The third-order valence-corrected chi connectivity index (χ3v) is 3.52. The number of nitrogens with one attached hydrogen (secondary N) is 1. The number of thiophene rings is 1. The van der Waals surface area contributed by atoms with Gasteiger partial charge in [0, 0.05) is 12.0 Å². The summed E-state index contributed by atoms with van der Waals surface area (Å²) in [5.74, 6) is 0.873. The Hall–Kier alpha value is -1.13. The first-order chi connectivity index (χ1) is 7.58. The van der Waals surface area contributed by atoms with Crippen molar-refractivity contribution in [3.8, 4) is 10.6 Å². The van der Waals surface area contributed by atoms with Crippen LogP contribution >= 0.6 is 22.9 Å². The smallest absolute Gasteiger partial charge is 0.251 e. The topological polar surface area (TPSA) is 45.8 Å². The molecule has 0 aliphatic heterocycles. The SMILES string of the molecule is CC(C)c1nc(-c2sccc2Cl)cc(=O)[nH]1. The van der Waals surface area contributed by atoms with Crippen LogP contribution in [0, 0.1) is 0 Å². The summed E-state index contributed by atoms with van der Waals surface area (Å²) in [6.07, 6.45) is 0. The van der Waals surface area contributed by atoms with E-state index in [0.717, 1.165) is 4.88 Å². The molecule has 2 aromatic rings. The van der Waals surface area contributed by atoms with Gasteiger partial charge in [0.25, 0.3) is 5.56 Å². The molecule has 0 saturated carbocycles. The molecule has 2 rings (SSSR count). The Bertz CT molecular complexity index is 559. The van der Waals surface area contributed by atoms with Crippen LogP contribution in [0.1, 0.15) is 25.6 Å². The van der Waals surface area contributed by atoms with E-state index in [1.807, 2.05) is 19.2 Å². The Kier molecular flexibility index (Phi) is 3.12. The maximum absolute atomic E-state index is 11.5. The van der Waals surface area contributed by atoms with Crippen LogP contribution < -0.4 is 5.56 Å². The lowest BCUT2D eigenvalue weighted by Crippen LogP contribution is -2.11. The standard InChI is InChI=1S/C11H11ClN2OS/c1-6(2)11-13-8(5-9(15)14-11)10-7(12)3-4-16-10/h3-6H,1-2H3,(H,13,14,15). The number of nitrogens with zero attached hydrogens (tertiary/aromatic N) is 1. The van der Waals surface area contributed by atoms with Crippen LogP contribution in [0.25, 0.3) is 10.6 Å². The average molecular weight is 255 g/mol. The van der Waals surface area contributed by atoms with Crippen LogP contribution in [0.3, 0.4) is 0 Å². The third-order valence-electron chi connectivity index (χ3n) is 2.16. The molecular formula is C11H11ClN2OS. The van der Waals surface area contributed by atoms with Crippen LogP contribution in [0.4, 0.5) is 0 Å². The molecule has 1 N–H and O–H groups in total. The summed E-state index contributed by atoms with van der Waals surface area (Å²) < 4.78 is 0. The van der Waals surface area contributed by atoms with Crippen molar-refractivity contribution in [2.24, 2.45) is 0 Å². The molecule has 84 valence electrons. The zero-order chi connectivity index (χ0) is 11.7. The molecule has 3 nitrogen and oxygen atoms in total. The van der Waals surface area contributed by atoms with Crippen molar-refractivity contribution in [1.82, 2.24) is 9.97 Å². The number of hydrogen-bond donors (Lipinski definition) is 1. The van der Waals surface area contributed by atoms with E-state index in [1.54, 1.807) is 6.07 Å². The Morgan fingerprint density at radius 2 is 2.25 bits per heavy atom. The molecule has 0 radical (unpaired) electrons. The zero-order valence-electron chi connectivity index (χ0n) is 8.95. The number of H-pyrrole nitrogens is 1. The minimum absolute atomic E-state index is 0.141. The molecule has 0 unspecified atom stereocenters. The summed E-state index contributed by atoms with van der Waals surface area (Å²) in [5.41, 5.74) is 0.505. The van der Waals surface area contributed by atoms with Crippen LogP contribution in [0.2, 0.25) is 5.02 Å². The van der Waals surface area contributed by atoms with Crippen molar-refractivity contribution >= 4 is 22.9 Å². The van der Waals surface area contributed by atoms with E-state index in [-0.39, 0.29) is 11.5 Å². The molecule has 0 fully saturated rings. The summed E-state index contributed by atoms with van der Waals surface area (Å²) in [6, 6.07) is 3.28. The highest BCUT2D eigenvalue weighted by atomic mass is 35.5. The predicted octanol–water partition coefficient (Wildman–Crippen LogP) is 3.28. The fraction of sp³-hybridized carbons (Fsp3) is 0.273. The van der Waals surface area contributed by atoms with E-state index in [0.29, 0.717) is 16.5 Å². The molecule has 2 aromatic heterocycles. The van der Waals surface area contributed by atoms with Crippen molar-refractivity contribution in [3.63, 3.8) is 0 Å². The fourth-order valence-electron chi connectivity index (χ4n) is 1.34. The predicted molar refractivity (Wildman–Crippen MR) is 67.3 cm³/mol. The molecule has 0 aliphatic rings. The van der Waals surface area contributed by atoms with E-state index >= 15 is 0 Å². The highest BCUT2D eigenvalue weighted by Gasteiger charge is 2.10. The van der Waals surface area contributed by atoms with Gasteiger partial charge >= 0.3 is 0 Å². The lowest BCUT2D eigenvalue weighted by Gasteiger charge is -2.05. The van der Waals surface area contributed by atoms with Crippen molar-refractivity contribution < 1.29 is 0 Å². The molecule has 0 atom stereocenters. The third kappa shape index (κ3) is 2.18. The van der Waals surface area contributed by atoms with E-state index in [4.69, 9.17) is 11.6 Å². The minimum Gasteiger partial charge on any atom is -0.310 e. The van der Waals surface area contributed by atoms with Gasteiger partial charge in [0.2, 0.25) is 0 Å². The minimum atomic E-state index is -0.141. The molecule has 16 heavy (non-hydrogen) atoms. The Morgan fingerprint density at radius 3 is 2.81 bits per heavy atom. The molecule has 5 heteroatoms.